The maximum Gasteiger partial charge on any atom is 0.161 e. The van der Waals surface area contributed by atoms with E-state index in [-0.39, 0.29) is 0 Å². The maximum absolute atomic E-state index is 4.29. The summed E-state index contributed by atoms with van der Waals surface area (Å²) >= 11 is 1.56. The van der Waals surface area contributed by atoms with E-state index >= 15 is 0 Å². The van der Waals surface area contributed by atoms with Crippen LogP contribution in [0.3, 0.4) is 0 Å². The van der Waals surface area contributed by atoms with Crippen LogP contribution in [0.4, 0.5) is 11.5 Å². The number of H-pyrrole nitrogens is 1. The molecule has 3 aromatic heterocycles. The van der Waals surface area contributed by atoms with Gasteiger partial charge in [-0.1, -0.05) is 0 Å². The van der Waals surface area contributed by atoms with Gasteiger partial charge in [-0.2, -0.15) is 10.2 Å². The lowest BCUT2D eigenvalue weighted by atomic mass is 10.4. The number of aryl methyl sites for hydroxylation is 1. The minimum atomic E-state index is 0.727. The van der Waals surface area contributed by atoms with Gasteiger partial charge in [0.25, 0.3) is 0 Å². The Balaban J connectivity index is 2.02. The molecule has 2 N–H and O–H groups in total. The van der Waals surface area contributed by atoms with E-state index in [0.29, 0.717) is 0 Å². The zero-order valence-electron chi connectivity index (χ0n) is 10.6. The summed E-state index contributed by atoms with van der Waals surface area (Å²) in [6, 6.07) is 0. The second-order valence-electron chi connectivity index (χ2n) is 3.89. The highest BCUT2D eigenvalue weighted by Crippen LogP contribution is 2.29. The van der Waals surface area contributed by atoms with Crippen molar-refractivity contribution in [2.24, 2.45) is 0 Å². The number of nitrogens with one attached hydrogen (secondary N) is 2. The van der Waals surface area contributed by atoms with E-state index in [9.17, 15) is 0 Å². The van der Waals surface area contributed by atoms with Crippen LogP contribution < -0.4 is 5.32 Å². The molecule has 0 bridgehead atoms. The molecule has 0 saturated carbocycles. The van der Waals surface area contributed by atoms with Gasteiger partial charge in [0.1, 0.15) is 17.2 Å². The molecule has 3 rings (SSSR count). The Morgan fingerprint density at radius 3 is 3.05 bits per heavy atom. The van der Waals surface area contributed by atoms with Crippen LogP contribution in [-0.4, -0.2) is 36.2 Å². The molecule has 0 fully saturated rings. The number of anilines is 2. The van der Waals surface area contributed by atoms with E-state index in [1.54, 1.807) is 18.0 Å². The van der Waals surface area contributed by atoms with Crippen molar-refractivity contribution < 1.29 is 0 Å². The first-order chi connectivity index (χ1) is 9.31. The largest absolute Gasteiger partial charge is 0.337 e. The molecule has 0 spiro atoms. The number of nitrogens with zero attached hydrogens (tertiary/aromatic N) is 5. The van der Waals surface area contributed by atoms with E-state index in [4.69, 9.17) is 0 Å². The van der Waals surface area contributed by atoms with Gasteiger partial charge in [-0.05, 0) is 13.2 Å². The lowest BCUT2D eigenvalue weighted by Crippen LogP contribution is -1.95. The molecule has 8 heteroatoms. The molecular weight excluding hydrogens is 262 g/mol. The third-order valence-corrected chi connectivity index (χ3v) is 3.42. The second kappa shape index (κ2) is 4.88. The van der Waals surface area contributed by atoms with Gasteiger partial charge >= 0.3 is 0 Å². The van der Waals surface area contributed by atoms with Gasteiger partial charge in [0, 0.05) is 12.7 Å². The lowest BCUT2D eigenvalue weighted by Gasteiger charge is -2.03. The summed E-state index contributed by atoms with van der Waals surface area (Å²) in [5.74, 6) is 0.735. The average molecular weight is 275 g/mol. The Kier molecular flexibility index (Phi) is 3.08. The highest BCUT2D eigenvalue weighted by molar-refractivity contribution is 7.98. The van der Waals surface area contributed by atoms with Crippen molar-refractivity contribution in [2.75, 3.05) is 11.6 Å². The molecule has 0 aliphatic carbocycles. The van der Waals surface area contributed by atoms with Crippen molar-refractivity contribution in [1.29, 1.82) is 0 Å². The van der Waals surface area contributed by atoms with E-state index in [1.165, 1.54) is 6.33 Å². The summed E-state index contributed by atoms with van der Waals surface area (Å²) in [6.07, 6.45) is 7.20. The third kappa shape index (κ3) is 2.14. The Bertz CT molecular complexity index is 702. The molecule has 98 valence electrons. The fraction of sp³-hybridized carbons (Fsp3) is 0.273. The zero-order valence-corrected chi connectivity index (χ0v) is 11.4. The number of hydrogen-bond acceptors (Lipinski definition) is 6. The molecule has 0 aliphatic rings. The summed E-state index contributed by atoms with van der Waals surface area (Å²) in [5, 5.41) is 16.4. The fourth-order valence-corrected chi connectivity index (χ4v) is 2.35. The Morgan fingerprint density at radius 1 is 1.42 bits per heavy atom. The summed E-state index contributed by atoms with van der Waals surface area (Å²) in [4.78, 5) is 8.46. The molecule has 19 heavy (non-hydrogen) atoms. The van der Waals surface area contributed by atoms with E-state index in [1.807, 2.05) is 24.1 Å². The number of rotatable bonds is 4. The summed E-state index contributed by atoms with van der Waals surface area (Å²) in [5.41, 5.74) is 1.62. The molecule has 0 saturated heterocycles. The topological polar surface area (TPSA) is 84.3 Å². The molecule has 0 radical (unpaired) electrons. The Hall–Kier alpha value is -2.09. The van der Waals surface area contributed by atoms with Gasteiger partial charge in [0.15, 0.2) is 5.65 Å². The summed E-state index contributed by atoms with van der Waals surface area (Å²) in [6.45, 7) is 2.88. The zero-order chi connectivity index (χ0) is 13.2. The normalized spacial score (nSPS) is 11.1. The van der Waals surface area contributed by atoms with Gasteiger partial charge in [0.05, 0.1) is 17.3 Å². The average Bonchev–Trinajstić information content (AvgIpc) is 3.05. The van der Waals surface area contributed by atoms with Gasteiger partial charge in [-0.3, -0.25) is 9.78 Å². The first-order valence-corrected chi connectivity index (χ1v) is 7.07. The van der Waals surface area contributed by atoms with Crippen LogP contribution in [0, 0.1) is 0 Å². The second-order valence-corrected chi connectivity index (χ2v) is 4.68. The van der Waals surface area contributed by atoms with Crippen LogP contribution in [0.15, 0.2) is 23.7 Å². The van der Waals surface area contributed by atoms with Crippen LogP contribution in [0.2, 0.25) is 0 Å². The van der Waals surface area contributed by atoms with Crippen molar-refractivity contribution in [3.8, 4) is 0 Å². The molecule has 0 atom stereocenters. The van der Waals surface area contributed by atoms with E-state index in [2.05, 4.69) is 30.6 Å². The summed E-state index contributed by atoms with van der Waals surface area (Å²) < 4.78 is 1.85. The quantitative estimate of drug-likeness (QED) is 0.709. The smallest absolute Gasteiger partial charge is 0.161 e. The monoisotopic (exact) mass is 275 g/mol. The minimum Gasteiger partial charge on any atom is -0.337 e. The standard InChI is InChI=1S/C11H13N7S/c1-3-18-5-7(4-14-18)15-9-8-10(13-6-12-9)16-17-11(8)19-2/h4-6H,3H2,1-2H3,(H2,12,13,15,16,17). The molecule has 3 aromatic rings. The number of thioether (sulfide) groups is 1. The first kappa shape index (κ1) is 12.0. The molecule has 0 amide bonds. The van der Waals surface area contributed by atoms with Crippen LogP contribution in [0.1, 0.15) is 6.92 Å². The van der Waals surface area contributed by atoms with Crippen LogP contribution in [-0.2, 0) is 6.54 Å². The van der Waals surface area contributed by atoms with E-state index < -0.39 is 0 Å². The third-order valence-electron chi connectivity index (χ3n) is 2.74. The number of aromatic amines is 1. The predicted octanol–water partition coefficient (Wildman–Crippen LogP) is 2.03. The maximum atomic E-state index is 4.29. The lowest BCUT2D eigenvalue weighted by molar-refractivity contribution is 0.660. The van der Waals surface area contributed by atoms with E-state index in [0.717, 1.165) is 34.1 Å². The Labute approximate surface area is 113 Å². The van der Waals surface area contributed by atoms with Gasteiger partial charge in [-0.15, -0.1) is 11.8 Å². The minimum absolute atomic E-state index is 0.727. The van der Waals surface area contributed by atoms with Crippen molar-refractivity contribution >= 4 is 34.3 Å². The predicted molar refractivity (Wildman–Crippen MR) is 74.6 cm³/mol. The fourth-order valence-electron chi connectivity index (χ4n) is 1.81. The molecule has 7 nitrogen and oxygen atoms in total. The number of fused-ring (bicyclic) bond motifs is 1. The van der Waals surface area contributed by atoms with Gasteiger partial charge in [-0.25, -0.2) is 9.97 Å². The number of aromatic nitrogens is 6. The van der Waals surface area contributed by atoms with Crippen molar-refractivity contribution in [3.63, 3.8) is 0 Å². The first-order valence-electron chi connectivity index (χ1n) is 5.84. The van der Waals surface area contributed by atoms with Crippen molar-refractivity contribution in [3.05, 3.63) is 18.7 Å². The van der Waals surface area contributed by atoms with Crippen molar-refractivity contribution in [2.45, 2.75) is 18.5 Å². The highest BCUT2D eigenvalue weighted by Gasteiger charge is 2.12. The van der Waals surface area contributed by atoms with Gasteiger partial charge < -0.3 is 5.32 Å². The molecule has 0 aromatic carbocycles. The highest BCUT2D eigenvalue weighted by atomic mass is 32.2. The Morgan fingerprint density at radius 2 is 2.32 bits per heavy atom. The van der Waals surface area contributed by atoms with Crippen LogP contribution >= 0.6 is 11.8 Å². The van der Waals surface area contributed by atoms with Crippen molar-refractivity contribution in [1.82, 2.24) is 29.9 Å². The van der Waals surface area contributed by atoms with Crippen LogP contribution in [0.25, 0.3) is 11.0 Å². The molecule has 0 unspecified atom stereocenters. The molecular formula is C11H13N7S. The SMILES string of the molecule is CCn1cc(Nc2ncnc3[nH]nc(SC)c23)cn1. The van der Waals surface area contributed by atoms with Gasteiger partial charge in [0.2, 0.25) is 0 Å². The van der Waals surface area contributed by atoms with Crippen LogP contribution in [0.5, 0.6) is 0 Å². The summed E-state index contributed by atoms with van der Waals surface area (Å²) in [7, 11) is 0. The number of hydrogen-bond donors (Lipinski definition) is 2. The molecule has 0 aliphatic heterocycles. The molecule has 3 heterocycles.